The van der Waals surface area contributed by atoms with Crippen LogP contribution in [-0.4, -0.2) is 60.3 Å². The summed E-state index contributed by atoms with van der Waals surface area (Å²) in [6, 6.07) is 10.2. The number of rotatable bonds is 8. The fourth-order valence-corrected chi connectivity index (χ4v) is 5.47. The van der Waals surface area contributed by atoms with Crippen LogP contribution in [0.1, 0.15) is 44.2 Å². The molecule has 6 nitrogen and oxygen atoms in total. The quantitative estimate of drug-likeness (QED) is 0.312. The topological polar surface area (TPSA) is 59.1 Å². The number of nitrogens with zero attached hydrogens (tertiary/aromatic N) is 2. The molecule has 0 N–H and O–H groups in total. The van der Waals surface area contributed by atoms with Crippen LogP contribution in [0.3, 0.4) is 0 Å². The highest BCUT2D eigenvalue weighted by atomic mass is 19.4. The number of benzene rings is 2. The summed E-state index contributed by atoms with van der Waals surface area (Å²) in [6.07, 6.45) is -5.39. The normalized spacial score (nSPS) is 19.3. The van der Waals surface area contributed by atoms with Gasteiger partial charge in [0.15, 0.2) is 6.23 Å². The molecule has 1 amide bonds. The van der Waals surface area contributed by atoms with Gasteiger partial charge in [0.2, 0.25) is 5.91 Å². The smallest absolute Gasteiger partial charge is 0.490 e. The van der Waals surface area contributed by atoms with Crippen LogP contribution >= 0.6 is 0 Å². The molecule has 0 bridgehead atoms. The largest absolute Gasteiger partial charge is 0.493 e. The molecule has 0 saturated carbocycles. The Kier molecular flexibility index (Phi) is 9.02. The highest BCUT2D eigenvalue weighted by molar-refractivity contribution is 5.79. The summed E-state index contributed by atoms with van der Waals surface area (Å²) < 4.78 is 78.0. The van der Waals surface area contributed by atoms with Crippen molar-refractivity contribution in [2.24, 2.45) is 11.3 Å². The molecule has 0 aliphatic carbocycles. The van der Waals surface area contributed by atoms with Gasteiger partial charge in [0.25, 0.3) is 0 Å². The van der Waals surface area contributed by atoms with E-state index >= 15 is 0 Å². The van der Waals surface area contributed by atoms with E-state index in [0.29, 0.717) is 38.2 Å². The lowest BCUT2D eigenvalue weighted by atomic mass is 9.76. The maximum Gasteiger partial charge on any atom is 0.490 e. The van der Waals surface area contributed by atoms with Crippen LogP contribution in [0.5, 0.6) is 5.75 Å². The Bertz CT molecular complexity index is 1190. The second kappa shape index (κ2) is 12.1. The number of halogens is 5. The maximum absolute atomic E-state index is 13.5. The second-order valence-electron chi connectivity index (χ2n) is 11.0. The minimum absolute atomic E-state index is 0.199. The summed E-state index contributed by atoms with van der Waals surface area (Å²) >= 11 is 0. The van der Waals surface area contributed by atoms with Crippen molar-refractivity contribution < 1.29 is 41.0 Å². The number of piperidine rings is 1. The first kappa shape index (κ1) is 29.8. The van der Waals surface area contributed by atoms with Crippen molar-refractivity contribution in [1.29, 1.82) is 0 Å². The highest BCUT2D eigenvalue weighted by Crippen LogP contribution is 2.47. The SMILES string of the molecule is CC(C)COc1ccccc1CN1CCC2(CCN(C(=O)Cc3cc(F)cc(F)c3)CC2)C1OC(=O)C(F)(F)F. The van der Waals surface area contributed by atoms with Gasteiger partial charge >= 0.3 is 12.1 Å². The van der Waals surface area contributed by atoms with Gasteiger partial charge in [-0.3, -0.25) is 9.69 Å². The molecule has 2 aromatic rings. The van der Waals surface area contributed by atoms with Crippen molar-refractivity contribution in [3.63, 3.8) is 0 Å². The number of alkyl halides is 3. The summed E-state index contributed by atoms with van der Waals surface area (Å²) in [4.78, 5) is 28.1. The number of likely N-dealkylation sites (tertiary alicyclic amines) is 2. The Morgan fingerprint density at radius 2 is 1.62 bits per heavy atom. The van der Waals surface area contributed by atoms with Gasteiger partial charge in [-0.1, -0.05) is 32.0 Å². The molecule has 11 heteroatoms. The number of hydrogen-bond donors (Lipinski definition) is 0. The predicted octanol–water partition coefficient (Wildman–Crippen LogP) is 5.49. The average molecular weight is 569 g/mol. The summed E-state index contributed by atoms with van der Waals surface area (Å²) in [6.45, 7) is 5.54. The predicted molar refractivity (Wildman–Crippen MR) is 136 cm³/mol. The van der Waals surface area contributed by atoms with E-state index in [9.17, 15) is 31.5 Å². The van der Waals surface area contributed by atoms with Crippen LogP contribution in [0.25, 0.3) is 0 Å². The van der Waals surface area contributed by atoms with Crippen molar-refractivity contribution >= 4 is 11.9 Å². The zero-order valence-corrected chi connectivity index (χ0v) is 22.5. The molecule has 0 aromatic heterocycles. The molecule has 4 rings (SSSR count). The van der Waals surface area contributed by atoms with Gasteiger partial charge in [0.05, 0.1) is 13.0 Å². The van der Waals surface area contributed by atoms with Gasteiger partial charge in [0.1, 0.15) is 17.4 Å². The van der Waals surface area contributed by atoms with E-state index in [-0.39, 0.29) is 43.4 Å². The zero-order chi connectivity index (χ0) is 29.1. The Morgan fingerprint density at radius 3 is 2.25 bits per heavy atom. The minimum Gasteiger partial charge on any atom is -0.493 e. The first-order valence-electron chi connectivity index (χ1n) is 13.3. The van der Waals surface area contributed by atoms with Crippen LogP contribution in [0.4, 0.5) is 22.0 Å². The lowest BCUT2D eigenvalue weighted by Gasteiger charge is -2.43. The van der Waals surface area contributed by atoms with Crippen LogP contribution in [-0.2, 0) is 27.3 Å². The van der Waals surface area contributed by atoms with E-state index < -0.39 is 35.4 Å². The monoisotopic (exact) mass is 568 g/mol. The molecule has 0 radical (unpaired) electrons. The van der Waals surface area contributed by atoms with Crippen LogP contribution in [0.2, 0.25) is 0 Å². The third-order valence-corrected chi connectivity index (χ3v) is 7.51. The minimum atomic E-state index is -5.15. The first-order valence-corrected chi connectivity index (χ1v) is 13.3. The molecule has 2 aliphatic rings. The van der Waals surface area contributed by atoms with Crippen molar-refractivity contribution in [2.75, 3.05) is 26.2 Å². The molecule has 2 heterocycles. The highest BCUT2D eigenvalue weighted by Gasteiger charge is 2.54. The number of para-hydroxylation sites is 1. The summed E-state index contributed by atoms with van der Waals surface area (Å²) in [5, 5.41) is 0. The molecule has 1 atom stereocenters. The van der Waals surface area contributed by atoms with Crippen LogP contribution in [0.15, 0.2) is 42.5 Å². The van der Waals surface area contributed by atoms with Crippen molar-refractivity contribution in [3.8, 4) is 5.75 Å². The van der Waals surface area contributed by atoms with Gasteiger partial charge in [-0.25, -0.2) is 13.6 Å². The molecular formula is C29H33F5N2O4. The number of ether oxygens (including phenoxy) is 2. The fourth-order valence-electron chi connectivity index (χ4n) is 5.47. The van der Waals surface area contributed by atoms with Crippen molar-refractivity contribution in [2.45, 2.75) is 58.5 Å². The maximum atomic E-state index is 13.5. The lowest BCUT2D eigenvalue weighted by Crippen LogP contribution is -2.51. The van der Waals surface area contributed by atoms with E-state index in [0.717, 1.165) is 23.8 Å². The number of carbonyl (C=O) groups excluding carboxylic acids is 2. The molecule has 1 spiro atoms. The van der Waals surface area contributed by atoms with Gasteiger partial charge in [0, 0.05) is 43.2 Å². The Balaban J connectivity index is 1.49. The molecule has 1 unspecified atom stereocenters. The van der Waals surface area contributed by atoms with Crippen LogP contribution < -0.4 is 4.74 Å². The standard InChI is InChI=1S/C29H33F5N2O4/c1-19(2)18-39-24-6-4-3-5-21(24)17-36-12-9-28(26(36)40-27(38)29(32,33)34)7-10-35(11-8-28)25(37)15-20-13-22(30)16-23(31)14-20/h3-6,13-14,16,19,26H,7-12,15,17-18H2,1-2H3. The molecule has 2 aliphatic heterocycles. The number of carbonyl (C=O) groups is 2. The Hall–Kier alpha value is -3.21. The number of hydrogen-bond acceptors (Lipinski definition) is 5. The van der Waals surface area contributed by atoms with Gasteiger partial charge in [-0.15, -0.1) is 0 Å². The molecular weight excluding hydrogens is 535 g/mol. The van der Waals surface area contributed by atoms with Gasteiger partial charge in [-0.2, -0.15) is 13.2 Å². The molecule has 40 heavy (non-hydrogen) atoms. The Morgan fingerprint density at radius 1 is 1.00 bits per heavy atom. The average Bonchev–Trinajstić information content (AvgIpc) is 3.18. The zero-order valence-electron chi connectivity index (χ0n) is 22.5. The van der Waals surface area contributed by atoms with Crippen LogP contribution in [0, 0.1) is 23.0 Å². The van der Waals surface area contributed by atoms with E-state index in [2.05, 4.69) is 0 Å². The summed E-state index contributed by atoms with van der Waals surface area (Å²) in [5.74, 6) is -3.26. The number of esters is 1. The van der Waals surface area contributed by atoms with Crippen molar-refractivity contribution in [3.05, 3.63) is 65.2 Å². The third kappa shape index (κ3) is 7.10. The molecule has 218 valence electrons. The van der Waals surface area contributed by atoms with Gasteiger partial charge in [-0.05, 0) is 48.9 Å². The van der Waals surface area contributed by atoms with Gasteiger partial charge < -0.3 is 14.4 Å². The third-order valence-electron chi connectivity index (χ3n) is 7.51. The fraction of sp³-hybridized carbons (Fsp3) is 0.517. The van der Waals surface area contributed by atoms with E-state index in [1.807, 2.05) is 32.0 Å². The molecule has 2 fully saturated rings. The van der Waals surface area contributed by atoms with E-state index in [1.165, 1.54) is 4.90 Å². The lowest BCUT2D eigenvalue weighted by molar-refractivity contribution is -0.220. The molecule has 2 aromatic carbocycles. The van der Waals surface area contributed by atoms with Crippen molar-refractivity contribution in [1.82, 2.24) is 9.80 Å². The summed E-state index contributed by atoms with van der Waals surface area (Å²) in [5.41, 5.74) is 0.185. The molecule has 2 saturated heterocycles. The number of amides is 1. The van der Waals surface area contributed by atoms with E-state index in [4.69, 9.17) is 9.47 Å². The van der Waals surface area contributed by atoms with E-state index in [1.54, 1.807) is 11.0 Å². The summed E-state index contributed by atoms with van der Waals surface area (Å²) in [7, 11) is 0. The first-order chi connectivity index (χ1) is 18.9. The second-order valence-corrected chi connectivity index (χ2v) is 11.0. The Labute approximate surface area is 230 Å².